The van der Waals surface area contributed by atoms with Gasteiger partial charge in [-0.2, -0.15) is 5.26 Å². The zero-order valence-electron chi connectivity index (χ0n) is 6.93. The zero-order valence-corrected chi connectivity index (χ0v) is 6.93. The van der Waals surface area contributed by atoms with Crippen molar-refractivity contribution in [3.63, 3.8) is 0 Å². The van der Waals surface area contributed by atoms with Crippen LogP contribution in [-0.4, -0.2) is 17.2 Å². The molecule has 0 aromatic heterocycles. The first-order chi connectivity index (χ1) is 6.24. The topological polar surface area (TPSA) is 70.3 Å². The normalized spacial score (nSPS) is 21.8. The lowest BCUT2D eigenvalue weighted by Gasteiger charge is -2.15. The van der Waals surface area contributed by atoms with Gasteiger partial charge in [0.1, 0.15) is 17.7 Å². The van der Waals surface area contributed by atoms with Gasteiger partial charge in [0.15, 0.2) is 0 Å². The molecule has 1 heterocycles. The van der Waals surface area contributed by atoms with Crippen molar-refractivity contribution in [1.82, 2.24) is 0 Å². The minimum absolute atomic E-state index is 0.264. The molecule has 1 aliphatic rings. The molecule has 68 valence electrons. The molecule has 1 rings (SSSR count). The fourth-order valence-electron chi connectivity index (χ4n) is 1.02. The van der Waals surface area contributed by atoms with Gasteiger partial charge in [0.05, 0.1) is 6.26 Å². The molecule has 0 saturated carbocycles. The molecule has 0 aromatic carbocycles. The van der Waals surface area contributed by atoms with Gasteiger partial charge in [-0.1, -0.05) is 0 Å². The van der Waals surface area contributed by atoms with Crippen LogP contribution in [-0.2, 0) is 9.53 Å². The molecule has 0 fully saturated rings. The molecular weight excluding hydrogens is 170 g/mol. The standard InChI is InChI=1S/C9H9NO3/c10-6-7(9(11)12)5-8-3-1-2-4-13-8/h2,4-5,8H,1,3H2,(H,11,12)/b7-5-. The number of nitriles is 1. The summed E-state index contributed by atoms with van der Waals surface area (Å²) in [6.07, 6.45) is 6.01. The number of rotatable bonds is 2. The first-order valence-corrected chi connectivity index (χ1v) is 3.89. The lowest BCUT2D eigenvalue weighted by molar-refractivity contribution is -0.132. The van der Waals surface area contributed by atoms with Gasteiger partial charge in [0.2, 0.25) is 0 Å². The molecule has 0 amide bonds. The minimum atomic E-state index is -1.21. The van der Waals surface area contributed by atoms with Crippen molar-refractivity contribution in [3.8, 4) is 6.07 Å². The lowest BCUT2D eigenvalue weighted by Crippen LogP contribution is -2.12. The summed E-state index contributed by atoms with van der Waals surface area (Å²) in [6, 6.07) is 1.61. The summed E-state index contributed by atoms with van der Waals surface area (Å²) < 4.78 is 5.09. The molecule has 1 unspecified atom stereocenters. The highest BCUT2D eigenvalue weighted by atomic mass is 16.5. The van der Waals surface area contributed by atoms with Gasteiger partial charge >= 0.3 is 5.97 Å². The fraction of sp³-hybridized carbons (Fsp3) is 0.333. The number of carboxylic acid groups (broad SMARTS) is 1. The van der Waals surface area contributed by atoms with Crippen LogP contribution >= 0.6 is 0 Å². The summed E-state index contributed by atoms with van der Waals surface area (Å²) in [6.45, 7) is 0. The molecule has 0 spiro atoms. The second-order valence-corrected chi connectivity index (χ2v) is 2.62. The van der Waals surface area contributed by atoms with Crippen LogP contribution in [0.4, 0.5) is 0 Å². The van der Waals surface area contributed by atoms with Crippen molar-refractivity contribution in [1.29, 1.82) is 5.26 Å². The van der Waals surface area contributed by atoms with Crippen molar-refractivity contribution in [3.05, 3.63) is 24.0 Å². The van der Waals surface area contributed by atoms with Gasteiger partial charge in [-0.05, 0) is 25.0 Å². The van der Waals surface area contributed by atoms with Crippen LogP contribution < -0.4 is 0 Å². The van der Waals surface area contributed by atoms with Crippen LogP contribution in [0.25, 0.3) is 0 Å². The Bertz CT molecular complexity index is 298. The first-order valence-electron chi connectivity index (χ1n) is 3.89. The van der Waals surface area contributed by atoms with Gasteiger partial charge in [-0.15, -0.1) is 0 Å². The van der Waals surface area contributed by atoms with Gasteiger partial charge in [0, 0.05) is 0 Å². The Morgan fingerprint density at radius 1 is 1.77 bits per heavy atom. The summed E-state index contributed by atoms with van der Waals surface area (Å²) in [4.78, 5) is 10.4. The summed E-state index contributed by atoms with van der Waals surface area (Å²) in [5, 5.41) is 17.0. The third kappa shape index (κ3) is 2.64. The summed E-state index contributed by atoms with van der Waals surface area (Å²) in [5.41, 5.74) is -0.264. The third-order valence-electron chi connectivity index (χ3n) is 1.67. The zero-order chi connectivity index (χ0) is 9.68. The molecule has 0 bridgehead atoms. The van der Waals surface area contributed by atoms with Crippen LogP contribution in [0.5, 0.6) is 0 Å². The largest absolute Gasteiger partial charge is 0.494 e. The van der Waals surface area contributed by atoms with Crippen LogP contribution in [0.3, 0.4) is 0 Å². The fourth-order valence-corrected chi connectivity index (χ4v) is 1.02. The monoisotopic (exact) mass is 179 g/mol. The minimum Gasteiger partial charge on any atom is -0.494 e. The van der Waals surface area contributed by atoms with Crippen molar-refractivity contribution in [2.24, 2.45) is 0 Å². The molecule has 1 atom stereocenters. The van der Waals surface area contributed by atoms with E-state index in [4.69, 9.17) is 15.1 Å². The van der Waals surface area contributed by atoms with Gasteiger partial charge < -0.3 is 9.84 Å². The quantitative estimate of drug-likeness (QED) is 0.511. The van der Waals surface area contributed by atoms with Crippen molar-refractivity contribution in [2.75, 3.05) is 0 Å². The predicted molar refractivity (Wildman–Crippen MR) is 44.6 cm³/mol. The molecule has 4 nitrogen and oxygen atoms in total. The number of carbonyl (C=O) groups is 1. The Balaban J connectivity index is 2.68. The van der Waals surface area contributed by atoms with E-state index in [0.717, 1.165) is 12.8 Å². The number of nitrogens with zero attached hydrogens (tertiary/aromatic N) is 1. The molecule has 1 N–H and O–H groups in total. The lowest BCUT2D eigenvalue weighted by atomic mass is 10.1. The smallest absolute Gasteiger partial charge is 0.346 e. The van der Waals surface area contributed by atoms with Gasteiger partial charge in [-0.25, -0.2) is 4.79 Å². The average Bonchev–Trinajstić information content (AvgIpc) is 2.15. The summed E-state index contributed by atoms with van der Waals surface area (Å²) >= 11 is 0. The summed E-state index contributed by atoms with van der Waals surface area (Å²) in [5.74, 6) is -1.21. The number of hydrogen-bond acceptors (Lipinski definition) is 3. The van der Waals surface area contributed by atoms with E-state index in [1.165, 1.54) is 12.3 Å². The molecular formula is C9H9NO3. The van der Waals surface area contributed by atoms with E-state index >= 15 is 0 Å². The number of allylic oxidation sites excluding steroid dienone is 1. The Labute approximate surface area is 75.7 Å². The maximum atomic E-state index is 10.4. The maximum Gasteiger partial charge on any atom is 0.346 e. The number of carboxylic acids is 1. The number of hydrogen-bond donors (Lipinski definition) is 1. The van der Waals surface area contributed by atoms with E-state index < -0.39 is 5.97 Å². The summed E-state index contributed by atoms with van der Waals surface area (Å²) in [7, 11) is 0. The Morgan fingerprint density at radius 3 is 3.00 bits per heavy atom. The molecule has 0 aliphatic carbocycles. The Hall–Kier alpha value is -1.76. The molecule has 0 saturated heterocycles. The highest BCUT2D eigenvalue weighted by Gasteiger charge is 2.13. The highest BCUT2D eigenvalue weighted by molar-refractivity contribution is 5.91. The van der Waals surface area contributed by atoms with Crippen molar-refractivity contribution in [2.45, 2.75) is 18.9 Å². The third-order valence-corrected chi connectivity index (χ3v) is 1.67. The van der Waals surface area contributed by atoms with E-state index in [1.54, 1.807) is 6.07 Å². The van der Waals surface area contributed by atoms with Crippen molar-refractivity contribution >= 4 is 5.97 Å². The second kappa shape index (κ2) is 4.31. The molecule has 4 heteroatoms. The molecule has 1 aliphatic heterocycles. The van der Waals surface area contributed by atoms with Crippen LogP contribution in [0.1, 0.15) is 12.8 Å². The highest BCUT2D eigenvalue weighted by Crippen LogP contribution is 2.12. The van der Waals surface area contributed by atoms with E-state index in [0.29, 0.717) is 0 Å². The van der Waals surface area contributed by atoms with E-state index in [-0.39, 0.29) is 11.7 Å². The molecule has 0 radical (unpaired) electrons. The predicted octanol–water partition coefficient (Wildman–Crippen LogP) is 1.21. The van der Waals surface area contributed by atoms with E-state index in [9.17, 15) is 4.79 Å². The average molecular weight is 179 g/mol. The van der Waals surface area contributed by atoms with Crippen LogP contribution in [0, 0.1) is 11.3 Å². The number of ether oxygens (including phenoxy) is 1. The molecule has 13 heavy (non-hydrogen) atoms. The van der Waals surface area contributed by atoms with Crippen LogP contribution in [0.15, 0.2) is 24.0 Å². The van der Waals surface area contributed by atoms with Gasteiger partial charge in [0.25, 0.3) is 0 Å². The maximum absolute atomic E-state index is 10.4. The second-order valence-electron chi connectivity index (χ2n) is 2.62. The Kier molecular flexibility index (Phi) is 3.09. The van der Waals surface area contributed by atoms with E-state index in [1.807, 2.05) is 6.08 Å². The van der Waals surface area contributed by atoms with E-state index in [2.05, 4.69) is 0 Å². The Morgan fingerprint density at radius 2 is 2.54 bits per heavy atom. The van der Waals surface area contributed by atoms with Gasteiger partial charge in [-0.3, -0.25) is 0 Å². The first kappa shape index (κ1) is 9.33. The molecule has 0 aromatic rings. The van der Waals surface area contributed by atoms with Crippen LogP contribution in [0.2, 0.25) is 0 Å². The SMILES string of the molecule is N#C/C(=C/C1CCC=CO1)C(=O)O. The number of aliphatic carboxylic acids is 1. The van der Waals surface area contributed by atoms with Crippen molar-refractivity contribution < 1.29 is 14.6 Å².